The second kappa shape index (κ2) is 7.06. The van der Waals surface area contributed by atoms with Crippen LogP contribution in [0.4, 0.5) is 5.69 Å². The minimum Gasteiger partial charge on any atom is -0.307 e. The molecule has 144 valence electrons. The SMILES string of the molecule is [C-]#[N+]c1ccc2sc(-c3nc4[nH]c(=O)ccc4cc3-c3cc(C)nc(Cl)c3)cc2c1. The lowest BCUT2D eigenvalue weighted by Gasteiger charge is -2.11. The van der Waals surface area contributed by atoms with Crippen LogP contribution >= 0.6 is 22.9 Å². The van der Waals surface area contributed by atoms with Crippen molar-refractivity contribution < 1.29 is 0 Å². The molecule has 0 aliphatic carbocycles. The lowest BCUT2D eigenvalue weighted by atomic mass is 10.0. The zero-order chi connectivity index (χ0) is 20.8. The zero-order valence-corrected chi connectivity index (χ0v) is 17.3. The average molecular weight is 429 g/mol. The molecule has 5 aromatic rings. The summed E-state index contributed by atoms with van der Waals surface area (Å²) in [5.41, 5.74) is 4.28. The van der Waals surface area contributed by atoms with E-state index in [-0.39, 0.29) is 5.56 Å². The van der Waals surface area contributed by atoms with E-state index in [1.165, 1.54) is 6.07 Å². The molecule has 4 heterocycles. The van der Waals surface area contributed by atoms with Gasteiger partial charge in [0.2, 0.25) is 5.56 Å². The Morgan fingerprint density at radius 3 is 2.70 bits per heavy atom. The molecule has 1 N–H and O–H groups in total. The first-order valence-electron chi connectivity index (χ1n) is 9.10. The highest BCUT2D eigenvalue weighted by Gasteiger charge is 2.16. The van der Waals surface area contributed by atoms with Crippen molar-refractivity contribution in [2.45, 2.75) is 6.92 Å². The smallest absolute Gasteiger partial charge is 0.249 e. The number of aryl methyl sites for hydroxylation is 1. The number of benzene rings is 1. The van der Waals surface area contributed by atoms with Crippen molar-refractivity contribution in [3.05, 3.63) is 87.2 Å². The van der Waals surface area contributed by atoms with Crippen molar-refractivity contribution in [3.8, 4) is 21.7 Å². The van der Waals surface area contributed by atoms with Crippen LogP contribution in [-0.4, -0.2) is 15.0 Å². The van der Waals surface area contributed by atoms with Gasteiger partial charge in [-0.1, -0.05) is 23.7 Å². The molecule has 30 heavy (non-hydrogen) atoms. The summed E-state index contributed by atoms with van der Waals surface area (Å²) in [6, 6.07) is 16.7. The van der Waals surface area contributed by atoms with Crippen LogP contribution in [0.25, 0.3) is 47.7 Å². The second-order valence-corrected chi connectivity index (χ2v) is 8.38. The summed E-state index contributed by atoms with van der Waals surface area (Å²) in [6.45, 7) is 9.15. The minimum atomic E-state index is -0.200. The normalized spacial score (nSPS) is 11.1. The third kappa shape index (κ3) is 3.24. The third-order valence-corrected chi connectivity index (χ3v) is 6.12. The van der Waals surface area contributed by atoms with Gasteiger partial charge in [0.25, 0.3) is 0 Å². The van der Waals surface area contributed by atoms with Gasteiger partial charge in [0.15, 0.2) is 5.69 Å². The largest absolute Gasteiger partial charge is 0.307 e. The Morgan fingerprint density at radius 1 is 1.03 bits per heavy atom. The van der Waals surface area contributed by atoms with Crippen LogP contribution in [0.2, 0.25) is 5.15 Å². The number of halogens is 1. The fourth-order valence-electron chi connectivity index (χ4n) is 3.49. The summed E-state index contributed by atoms with van der Waals surface area (Å²) in [7, 11) is 0. The van der Waals surface area contributed by atoms with Gasteiger partial charge >= 0.3 is 0 Å². The van der Waals surface area contributed by atoms with E-state index in [1.54, 1.807) is 17.4 Å². The maximum Gasteiger partial charge on any atom is 0.249 e. The number of aromatic amines is 1. The van der Waals surface area contributed by atoms with Gasteiger partial charge in [-0.05, 0) is 54.3 Å². The molecule has 7 heteroatoms. The Bertz CT molecular complexity index is 1540. The van der Waals surface area contributed by atoms with E-state index in [0.29, 0.717) is 16.5 Å². The van der Waals surface area contributed by atoms with E-state index in [2.05, 4.69) is 14.8 Å². The molecule has 0 aliphatic heterocycles. The summed E-state index contributed by atoms with van der Waals surface area (Å²) in [4.78, 5) is 28.2. The molecule has 0 bridgehead atoms. The number of fused-ring (bicyclic) bond motifs is 2. The van der Waals surface area contributed by atoms with Crippen molar-refractivity contribution in [1.29, 1.82) is 0 Å². The molecule has 5 rings (SSSR count). The summed E-state index contributed by atoms with van der Waals surface area (Å²) in [6.07, 6.45) is 0. The van der Waals surface area contributed by atoms with E-state index in [1.807, 2.05) is 49.4 Å². The topological polar surface area (TPSA) is 63.0 Å². The number of hydrogen-bond donors (Lipinski definition) is 1. The Labute approximate surface area is 180 Å². The van der Waals surface area contributed by atoms with E-state index < -0.39 is 0 Å². The number of rotatable bonds is 2. The van der Waals surface area contributed by atoms with Gasteiger partial charge in [-0.15, -0.1) is 11.3 Å². The maximum absolute atomic E-state index is 11.8. The van der Waals surface area contributed by atoms with Gasteiger partial charge in [-0.3, -0.25) is 4.79 Å². The van der Waals surface area contributed by atoms with E-state index in [0.717, 1.165) is 42.9 Å². The number of H-pyrrole nitrogens is 1. The first kappa shape index (κ1) is 18.5. The van der Waals surface area contributed by atoms with Gasteiger partial charge in [0.05, 0.1) is 17.1 Å². The van der Waals surface area contributed by atoms with Crippen LogP contribution in [-0.2, 0) is 0 Å². The van der Waals surface area contributed by atoms with Gasteiger partial charge in [0.1, 0.15) is 10.8 Å². The Balaban J connectivity index is 1.83. The van der Waals surface area contributed by atoms with Gasteiger partial charge < -0.3 is 4.98 Å². The fourth-order valence-corrected chi connectivity index (χ4v) is 4.79. The fraction of sp³-hybridized carbons (Fsp3) is 0.0435. The van der Waals surface area contributed by atoms with Crippen molar-refractivity contribution in [2.75, 3.05) is 0 Å². The number of nitrogens with zero attached hydrogens (tertiary/aromatic N) is 3. The molecule has 5 nitrogen and oxygen atoms in total. The van der Waals surface area contributed by atoms with Crippen molar-refractivity contribution in [3.63, 3.8) is 0 Å². The molecule has 4 aromatic heterocycles. The number of pyridine rings is 3. The lowest BCUT2D eigenvalue weighted by molar-refractivity contribution is 1.20. The predicted molar refractivity (Wildman–Crippen MR) is 122 cm³/mol. The van der Waals surface area contributed by atoms with Crippen molar-refractivity contribution in [1.82, 2.24) is 15.0 Å². The first-order valence-corrected chi connectivity index (χ1v) is 10.3. The molecule has 1 aromatic carbocycles. The van der Waals surface area contributed by atoms with Gasteiger partial charge in [-0.25, -0.2) is 14.8 Å². The number of nitrogens with one attached hydrogen (secondary N) is 1. The maximum atomic E-state index is 11.8. The quantitative estimate of drug-likeness (QED) is 0.262. The van der Waals surface area contributed by atoms with Crippen LogP contribution in [0.5, 0.6) is 0 Å². The van der Waals surface area contributed by atoms with Crippen LogP contribution in [0, 0.1) is 13.5 Å². The highest BCUT2D eigenvalue weighted by Crippen LogP contribution is 2.40. The Hall–Kier alpha value is -3.53. The summed E-state index contributed by atoms with van der Waals surface area (Å²) < 4.78 is 1.07. The Kier molecular flexibility index (Phi) is 4.35. The molecule has 0 radical (unpaired) electrons. The first-order chi connectivity index (χ1) is 14.5. The highest BCUT2D eigenvalue weighted by atomic mass is 35.5. The van der Waals surface area contributed by atoms with Crippen molar-refractivity contribution in [2.24, 2.45) is 0 Å². The molecule has 0 saturated heterocycles. The molecule has 0 spiro atoms. The van der Waals surface area contributed by atoms with Crippen molar-refractivity contribution >= 4 is 49.7 Å². The number of thiophene rings is 1. The van der Waals surface area contributed by atoms with E-state index in [4.69, 9.17) is 23.2 Å². The van der Waals surface area contributed by atoms with E-state index >= 15 is 0 Å². The summed E-state index contributed by atoms with van der Waals surface area (Å²) in [5, 5.41) is 2.23. The third-order valence-electron chi connectivity index (χ3n) is 4.80. The summed E-state index contributed by atoms with van der Waals surface area (Å²) >= 11 is 7.82. The molecular formula is C23H13ClN4OS. The number of hydrogen-bond acceptors (Lipinski definition) is 4. The van der Waals surface area contributed by atoms with Crippen LogP contribution < -0.4 is 5.56 Å². The van der Waals surface area contributed by atoms with Gasteiger partial charge in [0, 0.05) is 27.4 Å². The van der Waals surface area contributed by atoms with E-state index in [9.17, 15) is 4.79 Å². The average Bonchev–Trinajstić information content (AvgIpc) is 3.15. The van der Waals surface area contributed by atoms with Gasteiger partial charge in [-0.2, -0.15) is 0 Å². The van der Waals surface area contributed by atoms with Crippen LogP contribution in [0.15, 0.2) is 59.4 Å². The molecular weight excluding hydrogens is 416 g/mol. The summed E-state index contributed by atoms with van der Waals surface area (Å²) in [5.74, 6) is 0. The predicted octanol–water partition coefficient (Wildman–Crippen LogP) is 6.38. The van der Waals surface area contributed by atoms with Crippen LogP contribution in [0.3, 0.4) is 0 Å². The molecule has 0 aliphatic rings. The molecule has 0 fully saturated rings. The second-order valence-electron chi connectivity index (χ2n) is 6.91. The monoisotopic (exact) mass is 428 g/mol. The molecule has 0 amide bonds. The molecule has 0 unspecified atom stereocenters. The zero-order valence-electron chi connectivity index (χ0n) is 15.7. The Morgan fingerprint density at radius 2 is 1.90 bits per heavy atom. The highest BCUT2D eigenvalue weighted by molar-refractivity contribution is 7.22. The number of aromatic nitrogens is 3. The standard InChI is InChI=1S/C23H13ClN4OS/c1-12-7-14(11-20(24)26-12)17-9-13-3-6-21(29)27-23(13)28-22(17)19-10-15-8-16(25-2)4-5-18(15)30-19/h3-11H,1H3,(H,27,28,29). The minimum absolute atomic E-state index is 0.200. The molecule has 0 atom stereocenters. The van der Waals surface area contributed by atoms with Crippen LogP contribution in [0.1, 0.15) is 5.69 Å². The molecule has 0 saturated carbocycles. The lowest BCUT2D eigenvalue weighted by Crippen LogP contribution is -2.04.